The third-order valence-electron chi connectivity index (χ3n) is 4.57. The van der Waals surface area contributed by atoms with Gasteiger partial charge in [0.25, 0.3) is 0 Å². The first-order chi connectivity index (χ1) is 14.6. The van der Waals surface area contributed by atoms with Crippen LogP contribution in [0.1, 0.15) is 34.0 Å². The van der Waals surface area contributed by atoms with Crippen molar-refractivity contribution >= 4 is 11.9 Å². The molecule has 154 valence electrons. The Morgan fingerprint density at radius 3 is 2.37 bits per heavy atom. The lowest BCUT2D eigenvalue weighted by molar-refractivity contribution is 0.104. The summed E-state index contributed by atoms with van der Waals surface area (Å²) in [5.41, 5.74) is 3.52. The first-order valence-electron chi connectivity index (χ1n) is 9.91. The summed E-state index contributed by atoms with van der Waals surface area (Å²) in [6.45, 7) is 4.80. The molecule has 3 aromatic carbocycles. The molecular formula is C26H26O4. The van der Waals surface area contributed by atoms with Gasteiger partial charge in [0.05, 0.1) is 13.7 Å². The van der Waals surface area contributed by atoms with Crippen molar-refractivity contribution in [2.24, 2.45) is 0 Å². The molecule has 0 radical (unpaired) electrons. The minimum Gasteiger partial charge on any atom is -0.496 e. The van der Waals surface area contributed by atoms with Gasteiger partial charge in [-0.25, -0.2) is 0 Å². The molecule has 0 heterocycles. The van der Waals surface area contributed by atoms with Crippen molar-refractivity contribution in [3.63, 3.8) is 0 Å². The molecular weight excluding hydrogens is 376 g/mol. The zero-order valence-electron chi connectivity index (χ0n) is 17.6. The maximum absolute atomic E-state index is 12.4. The van der Waals surface area contributed by atoms with Gasteiger partial charge in [0.1, 0.15) is 12.4 Å². The molecule has 0 N–H and O–H groups in total. The molecule has 0 aliphatic carbocycles. The largest absolute Gasteiger partial charge is 0.496 e. The molecule has 0 saturated heterocycles. The van der Waals surface area contributed by atoms with E-state index in [1.165, 1.54) is 0 Å². The van der Waals surface area contributed by atoms with Crippen molar-refractivity contribution < 1.29 is 19.0 Å². The summed E-state index contributed by atoms with van der Waals surface area (Å²) in [6, 6.07) is 20.9. The van der Waals surface area contributed by atoms with Gasteiger partial charge < -0.3 is 14.2 Å². The van der Waals surface area contributed by atoms with Crippen LogP contribution in [0.5, 0.6) is 17.2 Å². The SMILES string of the molecule is CCOc1ccccc1OCc1cc(/C=C/C(=O)c2cccc(C)c2)ccc1OC. The minimum absolute atomic E-state index is 0.0297. The second-order valence-electron chi connectivity index (χ2n) is 6.81. The number of para-hydroxylation sites is 2. The Labute approximate surface area is 177 Å². The summed E-state index contributed by atoms with van der Waals surface area (Å²) in [4.78, 5) is 12.4. The maximum Gasteiger partial charge on any atom is 0.185 e. The lowest BCUT2D eigenvalue weighted by Crippen LogP contribution is -2.01. The van der Waals surface area contributed by atoms with Crippen molar-refractivity contribution in [3.8, 4) is 17.2 Å². The molecule has 3 rings (SSSR count). The number of methoxy groups -OCH3 is 1. The summed E-state index contributed by atoms with van der Waals surface area (Å²) in [7, 11) is 1.63. The van der Waals surface area contributed by atoms with Crippen LogP contribution in [-0.4, -0.2) is 19.5 Å². The van der Waals surface area contributed by atoms with Gasteiger partial charge in [-0.15, -0.1) is 0 Å². The highest BCUT2D eigenvalue weighted by molar-refractivity contribution is 6.06. The van der Waals surface area contributed by atoms with Crippen LogP contribution in [0.15, 0.2) is 72.8 Å². The Morgan fingerprint density at radius 1 is 0.900 bits per heavy atom. The molecule has 0 atom stereocenters. The average molecular weight is 402 g/mol. The standard InChI is InChI=1S/C26H26O4/c1-4-29-25-10-5-6-11-26(25)30-18-22-17-20(13-15-24(22)28-3)12-14-23(27)21-9-7-8-19(2)16-21/h5-17H,4,18H2,1-3H3/b14-12+. The number of ketones is 1. The smallest absolute Gasteiger partial charge is 0.185 e. The second kappa shape index (κ2) is 10.3. The van der Waals surface area contributed by atoms with Gasteiger partial charge >= 0.3 is 0 Å². The van der Waals surface area contributed by atoms with Crippen LogP contribution in [0.25, 0.3) is 6.08 Å². The van der Waals surface area contributed by atoms with Crippen molar-refractivity contribution in [2.45, 2.75) is 20.5 Å². The van der Waals surface area contributed by atoms with Gasteiger partial charge in [-0.1, -0.05) is 48.0 Å². The van der Waals surface area contributed by atoms with Crippen LogP contribution in [0.4, 0.5) is 0 Å². The van der Waals surface area contributed by atoms with Gasteiger partial charge in [-0.3, -0.25) is 4.79 Å². The zero-order chi connectivity index (χ0) is 21.3. The number of carbonyl (C=O) groups excluding carboxylic acids is 1. The highest BCUT2D eigenvalue weighted by atomic mass is 16.5. The van der Waals surface area contributed by atoms with E-state index in [2.05, 4.69) is 0 Å². The maximum atomic E-state index is 12.4. The first-order valence-corrected chi connectivity index (χ1v) is 9.91. The van der Waals surface area contributed by atoms with E-state index in [0.29, 0.717) is 30.3 Å². The molecule has 0 spiro atoms. The predicted octanol–water partition coefficient (Wildman–Crippen LogP) is 5.88. The highest BCUT2D eigenvalue weighted by Crippen LogP contribution is 2.29. The number of allylic oxidation sites excluding steroid dienone is 1. The number of hydrogen-bond acceptors (Lipinski definition) is 4. The van der Waals surface area contributed by atoms with Crippen molar-refractivity contribution in [3.05, 3.63) is 95.1 Å². The zero-order valence-corrected chi connectivity index (χ0v) is 17.6. The Kier molecular flexibility index (Phi) is 7.28. The van der Waals surface area contributed by atoms with Crippen LogP contribution in [0.2, 0.25) is 0 Å². The number of rotatable bonds is 9. The number of hydrogen-bond donors (Lipinski definition) is 0. The molecule has 0 aromatic heterocycles. The predicted molar refractivity (Wildman–Crippen MR) is 119 cm³/mol. The van der Waals surface area contributed by atoms with Crippen LogP contribution in [0.3, 0.4) is 0 Å². The molecule has 3 aromatic rings. The molecule has 0 bridgehead atoms. The number of ether oxygens (including phenoxy) is 3. The normalized spacial score (nSPS) is 10.8. The topological polar surface area (TPSA) is 44.8 Å². The van der Waals surface area contributed by atoms with E-state index < -0.39 is 0 Å². The van der Waals surface area contributed by atoms with E-state index in [4.69, 9.17) is 14.2 Å². The third-order valence-corrected chi connectivity index (χ3v) is 4.57. The summed E-state index contributed by atoms with van der Waals surface area (Å²) < 4.78 is 17.1. The Hall–Kier alpha value is -3.53. The Bertz CT molecular complexity index is 1040. The number of aryl methyl sites for hydroxylation is 1. The lowest BCUT2D eigenvalue weighted by atomic mass is 10.1. The van der Waals surface area contributed by atoms with E-state index in [0.717, 1.165) is 22.4 Å². The van der Waals surface area contributed by atoms with Crippen molar-refractivity contribution in [1.82, 2.24) is 0 Å². The average Bonchev–Trinajstić information content (AvgIpc) is 2.77. The van der Waals surface area contributed by atoms with Crippen molar-refractivity contribution in [1.29, 1.82) is 0 Å². The van der Waals surface area contributed by atoms with E-state index in [9.17, 15) is 4.79 Å². The van der Waals surface area contributed by atoms with Crippen LogP contribution in [0, 0.1) is 6.92 Å². The van der Waals surface area contributed by atoms with Crippen LogP contribution in [-0.2, 0) is 6.61 Å². The quantitative estimate of drug-likeness (QED) is 0.331. The summed E-state index contributed by atoms with van der Waals surface area (Å²) >= 11 is 0. The fourth-order valence-electron chi connectivity index (χ4n) is 3.08. The van der Waals surface area contributed by atoms with Gasteiger partial charge in [-0.2, -0.15) is 0 Å². The summed E-state index contributed by atoms with van der Waals surface area (Å²) in [5, 5.41) is 0. The Balaban J connectivity index is 1.76. The molecule has 30 heavy (non-hydrogen) atoms. The van der Waals surface area contributed by atoms with Crippen molar-refractivity contribution in [2.75, 3.05) is 13.7 Å². The first kappa shape index (κ1) is 21.2. The van der Waals surface area contributed by atoms with Crippen LogP contribution < -0.4 is 14.2 Å². The third kappa shape index (κ3) is 5.51. The van der Waals surface area contributed by atoms with E-state index in [1.54, 1.807) is 13.2 Å². The van der Waals surface area contributed by atoms with E-state index in [1.807, 2.05) is 86.7 Å². The second-order valence-corrected chi connectivity index (χ2v) is 6.81. The summed E-state index contributed by atoms with van der Waals surface area (Å²) in [5.74, 6) is 2.08. The number of benzene rings is 3. The highest BCUT2D eigenvalue weighted by Gasteiger charge is 2.09. The molecule has 0 aliphatic rings. The van der Waals surface area contributed by atoms with Gasteiger partial charge in [-0.05, 0) is 55.8 Å². The fourth-order valence-corrected chi connectivity index (χ4v) is 3.08. The van der Waals surface area contributed by atoms with E-state index in [-0.39, 0.29) is 5.78 Å². The molecule has 0 amide bonds. The molecule has 4 heteroatoms. The minimum atomic E-state index is -0.0297. The fraction of sp³-hybridized carbons (Fsp3) is 0.192. The molecule has 4 nitrogen and oxygen atoms in total. The molecule has 0 aliphatic heterocycles. The molecule has 0 fully saturated rings. The van der Waals surface area contributed by atoms with Gasteiger partial charge in [0.2, 0.25) is 0 Å². The van der Waals surface area contributed by atoms with Gasteiger partial charge in [0, 0.05) is 11.1 Å². The molecule has 0 saturated carbocycles. The van der Waals surface area contributed by atoms with E-state index >= 15 is 0 Å². The lowest BCUT2D eigenvalue weighted by Gasteiger charge is -2.14. The van der Waals surface area contributed by atoms with Gasteiger partial charge in [0.15, 0.2) is 17.3 Å². The Morgan fingerprint density at radius 2 is 1.67 bits per heavy atom. The number of carbonyl (C=O) groups is 1. The molecule has 0 unspecified atom stereocenters. The summed E-state index contributed by atoms with van der Waals surface area (Å²) in [6.07, 6.45) is 3.40. The van der Waals surface area contributed by atoms with Crippen LogP contribution >= 0.6 is 0 Å². The monoisotopic (exact) mass is 402 g/mol.